The number of ether oxygens (including phenoxy) is 1. The molecule has 0 saturated heterocycles. The van der Waals surface area contributed by atoms with Crippen molar-refractivity contribution >= 4 is 47.8 Å². The number of hydrogen-bond donors (Lipinski definition) is 1. The number of rotatable bonds is 4. The van der Waals surface area contributed by atoms with Crippen LogP contribution in [-0.2, 0) is 4.74 Å². The first-order valence-electron chi connectivity index (χ1n) is 7.74. The summed E-state index contributed by atoms with van der Waals surface area (Å²) in [6.45, 7) is 13.3. The number of fused-ring (bicyclic) bond motifs is 1. The lowest BCUT2D eigenvalue weighted by molar-refractivity contribution is 0.0519. The molecule has 0 unspecified atom stereocenters. The van der Waals surface area contributed by atoms with Crippen molar-refractivity contribution in [3.63, 3.8) is 0 Å². The molecule has 1 aromatic carbocycles. The molecule has 23 heavy (non-hydrogen) atoms. The summed E-state index contributed by atoms with van der Waals surface area (Å²) in [6.07, 6.45) is 0. The number of esters is 1. The van der Waals surface area contributed by atoms with Crippen LogP contribution in [0.1, 0.15) is 38.2 Å². The first kappa shape index (κ1) is 18.3. The van der Waals surface area contributed by atoms with E-state index in [1.54, 1.807) is 6.92 Å². The van der Waals surface area contributed by atoms with Crippen molar-refractivity contribution in [2.45, 2.75) is 45.8 Å². The van der Waals surface area contributed by atoms with E-state index >= 15 is 0 Å². The molecule has 0 aliphatic heterocycles. The second kappa shape index (κ2) is 6.47. The molecule has 0 aliphatic carbocycles. The standard InChI is InChI=1S/C17H24INO3Si/c1-7-21-16(20)15-14(18)12-10-11(8-9-13(12)19-15)22-23(5,6)17(2,3)4/h8-10,19H,7H2,1-6H3. The van der Waals surface area contributed by atoms with E-state index in [2.05, 4.69) is 61.4 Å². The minimum Gasteiger partial charge on any atom is -0.543 e. The van der Waals surface area contributed by atoms with E-state index in [-0.39, 0.29) is 11.0 Å². The quantitative estimate of drug-likeness (QED) is 0.393. The number of H-pyrrole nitrogens is 1. The van der Waals surface area contributed by atoms with Gasteiger partial charge in [-0.3, -0.25) is 0 Å². The lowest BCUT2D eigenvalue weighted by Crippen LogP contribution is -2.43. The number of carbonyl (C=O) groups is 1. The Balaban J connectivity index is 2.40. The summed E-state index contributed by atoms with van der Waals surface area (Å²) < 4.78 is 12.3. The smallest absolute Gasteiger partial charge is 0.355 e. The number of halogens is 1. The van der Waals surface area contributed by atoms with Gasteiger partial charge in [0.25, 0.3) is 0 Å². The van der Waals surface area contributed by atoms with Crippen LogP contribution in [0.5, 0.6) is 5.75 Å². The van der Waals surface area contributed by atoms with Gasteiger partial charge in [-0.2, -0.15) is 0 Å². The van der Waals surface area contributed by atoms with Crippen molar-refractivity contribution in [1.29, 1.82) is 0 Å². The Morgan fingerprint density at radius 2 is 1.96 bits per heavy atom. The van der Waals surface area contributed by atoms with Gasteiger partial charge in [0, 0.05) is 10.9 Å². The Hall–Kier alpha value is -1.02. The van der Waals surface area contributed by atoms with Gasteiger partial charge in [0.05, 0.1) is 10.2 Å². The SMILES string of the molecule is CCOC(=O)c1[nH]c2ccc(O[Si](C)(C)C(C)(C)C)cc2c1I. The summed E-state index contributed by atoms with van der Waals surface area (Å²) in [7, 11) is -1.88. The molecule has 0 radical (unpaired) electrons. The fraction of sp³-hybridized carbons (Fsp3) is 0.471. The first-order valence-corrected chi connectivity index (χ1v) is 11.7. The molecule has 6 heteroatoms. The minimum absolute atomic E-state index is 0.142. The molecule has 0 amide bonds. The first-order chi connectivity index (χ1) is 10.6. The monoisotopic (exact) mass is 445 g/mol. The highest BCUT2D eigenvalue weighted by molar-refractivity contribution is 14.1. The van der Waals surface area contributed by atoms with Gasteiger partial charge in [0.15, 0.2) is 0 Å². The summed E-state index contributed by atoms with van der Waals surface area (Å²) in [5.41, 5.74) is 1.42. The zero-order valence-electron chi connectivity index (χ0n) is 14.5. The normalized spacial score (nSPS) is 12.5. The van der Waals surface area contributed by atoms with Crippen LogP contribution in [0.2, 0.25) is 18.1 Å². The predicted molar refractivity (Wildman–Crippen MR) is 105 cm³/mol. The minimum atomic E-state index is -1.88. The number of hydrogen-bond acceptors (Lipinski definition) is 3. The maximum absolute atomic E-state index is 12.0. The molecule has 0 bridgehead atoms. The Kier molecular flexibility index (Phi) is 5.15. The number of nitrogens with one attached hydrogen (secondary N) is 1. The highest BCUT2D eigenvalue weighted by atomic mass is 127. The molecule has 1 aromatic heterocycles. The molecule has 0 atom stereocenters. The molecule has 1 N–H and O–H groups in total. The van der Waals surface area contributed by atoms with Crippen LogP contribution >= 0.6 is 22.6 Å². The van der Waals surface area contributed by atoms with Crippen LogP contribution in [0.15, 0.2) is 18.2 Å². The highest BCUT2D eigenvalue weighted by Gasteiger charge is 2.39. The van der Waals surface area contributed by atoms with Gasteiger partial charge in [0.2, 0.25) is 8.32 Å². The molecule has 1 heterocycles. The molecule has 4 nitrogen and oxygen atoms in total. The molecule has 0 aliphatic rings. The summed E-state index contributed by atoms with van der Waals surface area (Å²) in [6, 6.07) is 5.93. The van der Waals surface area contributed by atoms with Crippen molar-refractivity contribution in [3.05, 3.63) is 27.5 Å². The second-order valence-electron chi connectivity index (χ2n) is 7.10. The van der Waals surface area contributed by atoms with Gasteiger partial charge in [-0.1, -0.05) is 20.8 Å². The van der Waals surface area contributed by atoms with E-state index < -0.39 is 8.32 Å². The van der Waals surface area contributed by atoms with Crippen LogP contribution in [0.4, 0.5) is 0 Å². The van der Waals surface area contributed by atoms with Crippen LogP contribution in [0.25, 0.3) is 10.9 Å². The largest absolute Gasteiger partial charge is 0.543 e. The zero-order chi connectivity index (χ0) is 17.4. The topological polar surface area (TPSA) is 51.3 Å². The molecule has 0 saturated carbocycles. The zero-order valence-corrected chi connectivity index (χ0v) is 17.7. The third-order valence-corrected chi connectivity index (χ3v) is 9.84. The van der Waals surface area contributed by atoms with Gasteiger partial charge < -0.3 is 14.1 Å². The van der Waals surface area contributed by atoms with E-state index in [0.717, 1.165) is 20.2 Å². The van der Waals surface area contributed by atoms with Crippen LogP contribution < -0.4 is 4.43 Å². The Bertz CT molecular complexity index is 731. The number of benzene rings is 1. The summed E-state index contributed by atoms with van der Waals surface area (Å²) in [5, 5.41) is 1.13. The molecular formula is C17H24INO3Si. The van der Waals surface area contributed by atoms with Gasteiger partial charge >= 0.3 is 5.97 Å². The van der Waals surface area contributed by atoms with Crippen LogP contribution in [0, 0.1) is 3.57 Å². The highest BCUT2D eigenvalue weighted by Crippen LogP contribution is 2.38. The number of aromatic nitrogens is 1. The fourth-order valence-electron chi connectivity index (χ4n) is 1.99. The summed E-state index contributed by atoms with van der Waals surface area (Å²) in [5.74, 6) is 0.538. The predicted octanol–water partition coefficient (Wildman–Crippen LogP) is 5.33. The summed E-state index contributed by atoms with van der Waals surface area (Å²) in [4.78, 5) is 15.1. The van der Waals surface area contributed by atoms with Crippen LogP contribution in [-0.4, -0.2) is 25.9 Å². The van der Waals surface area contributed by atoms with Gasteiger partial charge in [-0.05, 0) is 65.8 Å². The molecule has 2 aromatic rings. The number of carbonyl (C=O) groups excluding carboxylic acids is 1. The lowest BCUT2D eigenvalue weighted by Gasteiger charge is -2.36. The third-order valence-electron chi connectivity index (χ3n) is 4.37. The third kappa shape index (κ3) is 3.73. The molecular weight excluding hydrogens is 421 g/mol. The van der Waals surface area contributed by atoms with E-state index in [0.29, 0.717) is 12.3 Å². The van der Waals surface area contributed by atoms with Crippen molar-refractivity contribution in [1.82, 2.24) is 4.98 Å². The lowest BCUT2D eigenvalue weighted by atomic mass is 10.2. The van der Waals surface area contributed by atoms with Crippen LogP contribution in [0.3, 0.4) is 0 Å². The van der Waals surface area contributed by atoms with Crippen molar-refractivity contribution < 1.29 is 14.0 Å². The molecule has 0 spiro atoms. The van der Waals surface area contributed by atoms with Gasteiger partial charge in [-0.25, -0.2) is 4.79 Å². The van der Waals surface area contributed by atoms with Crippen molar-refractivity contribution in [2.24, 2.45) is 0 Å². The van der Waals surface area contributed by atoms with E-state index in [1.807, 2.05) is 18.2 Å². The maximum Gasteiger partial charge on any atom is 0.355 e. The fourth-order valence-corrected chi connectivity index (χ4v) is 3.82. The van der Waals surface area contributed by atoms with Crippen molar-refractivity contribution in [2.75, 3.05) is 6.61 Å². The average molecular weight is 445 g/mol. The Morgan fingerprint density at radius 1 is 1.30 bits per heavy atom. The van der Waals surface area contributed by atoms with Crippen molar-refractivity contribution in [3.8, 4) is 5.75 Å². The Morgan fingerprint density at radius 3 is 2.52 bits per heavy atom. The average Bonchev–Trinajstić information content (AvgIpc) is 2.75. The molecule has 0 fully saturated rings. The van der Waals surface area contributed by atoms with Gasteiger partial charge in [0.1, 0.15) is 11.4 Å². The van der Waals surface area contributed by atoms with Gasteiger partial charge in [-0.15, -0.1) is 0 Å². The van der Waals surface area contributed by atoms with E-state index in [9.17, 15) is 4.79 Å². The molecule has 2 rings (SSSR count). The van der Waals surface area contributed by atoms with E-state index in [4.69, 9.17) is 9.16 Å². The molecule has 126 valence electrons. The number of aromatic amines is 1. The maximum atomic E-state index is 12.0. The summed E-state index contributed by atoms with van der Waals surface area (Å²) >= 11 is 2.18. The second-order valence-corrected chi connectivity index (χ2v) is 12.9. The van der Waals surface area contributed by atoms with E-state index in [1.165, 1.54) is 0 Å². The Labute approximate surface area is 152 Å².